The number of anilines is 1. The Balaban J connectivity index is 1.59. The Morgan fingerprint density at radius 1 is 1.16 bits per heavy atom. The van der Waals surface area contributed by atoms with E-state index in [1.807, 2.05) is 24.4 Å². The van der Waals surface area contributed by atoms with Gasteiger partial charge in [-0.15, -0.1) is 0 Å². The van der Waals surface area contributed by atoms with Crippen LogP contribution in [0, 0.1) is 0 Å². The third-order valence-corrected chi connectivity index (χ3v) is 5.12. The molecule has 0 amide bonds. The molecule has 1 aromatic heterocycles. The standard InChI is InChI=1S/C20H25N3O2/c1-20(21,13-15-6-5-7-17-19(15)25-14-24-17)16-8-9-22-18(12-16)23-10-3-2-4-11-23/h5-9,12H,2-4,10-11,13-14,21H2,1H3. The number of rotatable bonds is 4. The number of pyridine rings is 1. The van der Waals surface area contributed by atoms with E-state index in [1.165, 1.54) is 19.3 Å². The summed E-state index contributed by atoms with van der Waals surface area (Å²) >= 11 is 0. The van der Waals surface area contributed by atoms with Gasteiger partial charge in [0.1, 0.15) is 5.82 Å². The number of nitrogens with two attached hydrogens (primary N) is 1. The van der Waals surface area contributed by atoms with E-state index < -0.39 is 5.54 Å². The van der Waals surface area contributed by atoms with E-state index in [1.54, 1.807) is 0 Å². The Morgan fingerprint density at radius 3 is 2.84 bits per heavy atom. The molecule has 2 aliphatic heterocycles. The lowest BCUT2D eigenvalue weighted by Gasteiger charge is -2.30. The van der Waals surface area contributed by atoms with Crippen LogP contribution in [0.25, 0.3) is 0 Å². The van der Waals surface area contributed by atoms with Crippen LogP contribution in [0.15, 0.2) is 36.5 Å². The molecule has 25 heavy (non-hydrogen) atoms. The molecule has 0 aliphatic carbocycles. The minimum Gasteiger partial charge on any atom is -0.454 e. The first kappa shape index (κ1) is 16.2. The maximum atomic E-state index is 6.72. The van der Waals surface area contributed by atoms with E-state index in [2.05, 4.69) is 28.9 Å². The number of hydrogen-bond acceptors (Lipinski definition) is 5. The molecule has 0 bridgehead atoms. The van der Waals surface area contributed by atoms with Crippen LogP contribution in [0.4, 0.5) is 5.82 Å². The fraction of sp³-hybridized carbons (Fsp3) is 0.450. The van der Waals surface area contributed by atoms with Crippen LogP contribution in [0.2, 0.25) is 0 Å². The van der Waals surface area contributed by atoms with Crippen molar-refractivity contribution >= 4 is 5.82 Å². The molecule has 0 radical (unpaired) electrons. The highest BCUT2D eigenvalue weighted by molar-refractivity contribution is 5.50. The molecule has 1 unspecified atom stereocenters. The summed E-state index contributed by atoms with van der Waals surface area (Å²) < 4.78 is 11.1. The summed E-state index contributed by atoms with van der Waals surface area (Å²) in [6.07, 6.45) is 6.34. The van der Waals surface area contributed by atoms with Gasteiger partial charge in [-0.05, 0) is 56.4 Å². The van der Waals surface area contributed by atoms with Gasteiger partial charge >= 0.3 is 0 Å². The Morgan fingerprint density at radius 2 is 2.00 bits per heavy atom. The number of ether oxygens (including phenoxy) is 2. The summed E-state index contributed by atoms with van der Waals surface area (Å²) in [5.41, 5.74) is 8.39. The Bertz CT molecular complexity index is 754. The maximum Gasteiger partial charge on any atom is 0.231 e. The second-order valence-corrected chi connectivity index (χ2v) is 7.20. The van der Waals surface area contributed by atoms with Gasteiger partial charge in [0.2, 0.25) is 6.79 Å². The zero-order valence-corrected chi connectivity index (χ0v) is 14.7. The van der Waals surface area contributed by atoms with Gasteiger partial charge in [0.15, 0.2) is 11.5 Å². The molecule has 3 heterocycles. The summed E-state index contributed by atoms with van der Waals surface area (Å²) in [5, 5.41) is 0. The Labute approximate surface area is 148 Å². The van der Waals surface area contributed by atoms with E-state index in [0.29, 0.717) is 6.42 Å². The molecule has 132 valence electrons. The van der Waals surface area contributed by atoms with Gasteiger partial charge < -0.3 is 20.1 Å². The van der Waals surface area contributed by atoms with E-state index in [-0.39, 0.29) is 6.79 Å². The zero-order chi connectivity index (χ0) is 17.3. The largest absolute Gasteiger partial charge is 0.454 e. The third kappa shape index (κ3) is 3.29. The van der Waals surface area contributed by atoms with Crippen LogP contribution >= 0.6 is 0 Å². The number of nitrogens with zero attached hydrogens (tertiary/aromatic N) is 2. The van der Waals surface area contributed by atoms with Crippen molar-refractivity contribution in [1.82, 2.24) is 4.98 Å². The molecule has 1 aromatic carbocycles. The normalized spacial score (nSPS) is 18.9. The van der Waals surface area contributed by atoms with Gasteiger partial charge in [-0.3, -0.25) is 0 Å². The van der Waals surface area contributed by atoms with Gasteiger partial charge in [0, 0.05) is 30.4 Å². The van der Waals surface area contributed by atoms with Crippen molar-refractivity contribution < 1.29 is 9.47 Å². The molecule has 2 aliphatic rings. The van der Waals surface area contributed by atoms with E-state index in [0.717, 1.165) is 41.5 Å². The van der Waals surface area contributed by atoms with Gasteiger partial charge in [0.05, 0.1) is 0 Å². The van der Waals surface area contributed by atoms with Crippen LogP contribution in [0.1, 0.15) is 37.3 Å². The topological polar surface area (TPSA) is 60.6 Å². The monoisotopic (exact) mass is 339 g/mol. The van der Waals surface area contributed by atoms with Crippen molar-refractivity contribution in [1.29, 1.82) is 0 Å². The average Bonchev–Trinajstić information content (AvgIpc) is 3.12. The van der Waals surface area contributed by atoms with Crippen LogP contribution < -0.4 is 20.1 Å². The van der Waals surface area contributed by atoms with Crippen molar-refractivity contribution in [2.24, 2.45) is 5.73 Å². The predicted molar refractivity (Wildman–Crippen MR) is 98.1 cm³/mol. The molecule has 5 heteroatoms. The molecule has 0 saturated carbocycles. The lowest BCUT2D eigenvalue weighted by molar-refractivity contribution is 0.173. The number of hydrogen-bond donors (Lipinski definition) is 1. The van der Waals surface area contributed by atoms with Gasteiger partial charge in [0.25, 0.3) is 0 Å². The Kier molecular flexibility index (Phi) is 4.25. The smallest absolute Gasteiger partial charge is 0.231 e. The number of aromatic nitrogens is 1. The summed E-state index contributed by atoms with van der Waals surface area (Å²) in [6.45, 7) is 4.50. The first-order chi connectivity index (χ1) is 12.1. The quantitative estimate of drug-likeness (QED) is 0.927. The van der Waals surface area contributed by atoms with Gasteiger partial charge in [-0.25, -0.2) is 4.98 Å². The maximum absolute atomic E-state index is 6.72. The van der Waals surface area contributed by atoms with Gasteiger partial charge in [-0.2, -0.15) is 0 Å². The number of fused-ring (bicyclic) bond motifs is 1. The van der Waals surface area contributed by atoms with Crippen LogP contribution in [0.5, 0.6) is 11.5 Å². The summed E-state index contributed by atoms with van der Waals surface area (Å²) in [4.78, 5) is 6.93. The fourth-order valence-corrected chi connectivity index (χ4v) is 3.70. The van der Waals surface area contributed by atoms with Gasteiger partial charge in [-0.1, -0.05) is 12.1 Å². The van der Waals surface area contributed by atoms with Crippen molar-refractivity contribution in [3.8, 4) is 11.5 Å². The van der Waals surface area contributed by atoms with E-state index in [9.17, 15) is 0 Å². The number of benzene rings is 1. The van der Waals surface area contributed by atoms with Crippen LogP contribution in [-0.4, -0.2) is 24.9 Å². The van der Waals surface area contributed by atoms with Crippen molar-refractivity contribution in [2.75, 3.05) is 24.8 Å². The lowest BCUT2D eigenvalue weighted by Crippen LogP contribution is -2.36. The number of para-hydroxylation sites is 1. The van der Waals surface area contributed by atoms with Crippen molar-refractivity contribution in [3.63, 3.8) is 0 Å². The predicted octanol–water partition coefficient (Wildman–Crippen LogP) is 3.22. The second kappa shape index (κ2) is 6.56. The SMILES string of the molecule is CC(N)(Cc1cccc2c1OCO2)c1ccnc(N2CCCCC2)c1. The summed E-state index contributed by atoms with van der Waals surface area (Å²) in [5.74, 6) is 2.66. The summed E-state index contributed by atoms with van der Waals surface area (Å²) in [6, 6.07) is 10.1. The summed E-state index contributed by atoms with van der Waals surface area (Å²) in [7, 11) is 0. The molecular formula is C20H25N3O2. The molecular weight excluding hydrogens is 314 g/mol. The van der Waals surface area contributed by atoms with Crippen molar-refractivity contribution in [3.05, 3.63) is 47.7 Å². The Hall–Kier alpha value is -2.27. The highest BCUT2D eigenvalue weighted by Crippen LogP contribution is 2.38. The molecule has 4 rings (SSSR count). The number of piperidine rings is 1. The van der Waals surface area contributed by atoms with E-state index >= 15 is 0 Å². The lowest BCUT2D eigenvalue weighted by atomic mass is 9.86. The molecule has 2 N–H and O–H groups in total. The molecule has 1 fully saturated rings. The fourth-order valence-electron chi connectivity index (χ4n) is 3.70. The minimum absolute atomic E-state index is 0.280. The molecule has 0 spiro atoms. The average molecular weight is 339 g/mol. The van der Waals surface area contributed by atoms with Crippen LogP contribution in [0.3, 0.4) is 0 Å². The van der Waals surface area contributed by atoms with Crippen LogP contribution in [-0.2, 0) is 12.0 Å². The highest BCUT2D eigenvalue weighted by Gasteiger charge is 2.27. The minimum atomic E-state index is -0.505. The molecule has 5 nitrogen and oxygen atoms in total. The zero-order valence-electron chi connectivity index (χ0n) is 14.7. The third-order valence-electron chi connectivity index (χ3n) is 5.12. The molecule has 2 aromatic rings. The highest BCUT2D eigenvalue weighted by atomic mass is 16.7. The first-order valence-electron chi connectivity index (χ1n) is 9.01. The molecule has 1 atom stereocenters. The second-order valence-electron chi connectivity index (χ2n) is 7.20. The van der Waals surface area contributed by atoms with E-state index in [4.69, 9.17) is 15.2 Å². The first-order valence-corrected chi connectivity index (χ1v) is 9.01. The van der Waals surface area contributed by atoms with Crippen molar-refractivity contribution in [2.45, 2.75) is 38.1 Å². The molecule has 1 saturated heterocycles.